The topological polar surface area (TPSA) is 55.6 Å². The minimum Gasteiger partial charge on any atom is -0.378 e. The van der Waals surface area contributed by atoms with Crippen LogP contribution in [0, 0.1) is 0 Å². The zero-order valence-corrected chi connectivity index (χ0v) is 11.4. The van der Waals surface area contributed by atoms with Crippen LogP contribution in [-0.2, 0) is 9.53 Å². The van der Waals surface area contributed by atoms with Crippen molar-refractivity contribution in [3.8, 4) is 0 Å². The van der Waals surface area contributed by atoms with Gasteiger partial charge >= 0.3 is 0 Å². The van der Waals surface area contributed by atoms with E-state index in [9.17, 15) is 4.79 Å². The number of morpholine rings is 1. The summed E-state index contributed by atoms with van der Waals surface area (Å²) in [5.74, 6) is -0.0596. The Bertz CT molecular complexity index is 392. The highest BCUT2D eigenvalue weighted by Crippen LogP contribution is 2.17. The van der Waals surface area contributed by atoms with Crippen LogP contribution in [0.4, 0.5) is 0 Å². The number of hydrogen-bond donors (Lipinski definition) is 1. The van der Waals surface area contributed by atoms with E-state index in [0.717, 1.165) is 5.56 Å². The molecule has 1 fully saturated rings. The van der Waals surface area contributed by atoms with Crippen molar-refractivity contribution in [2.45, 2.75) is 6.04 Å². The Morgan fingerprint density at radius 3 is 2.39 bits per heavy atom. The third kappa shape index (κ3) is 3.59. The fourth-order valence-corrected chi connectivity index (χ4v) is 1.92. The predicted molar refractivity (Wildman–Crippen MR) is 73.0 cm³/mol. The second kappa shape index (κ2) is 6.95. The van der Waals surface area contributed by atoms with E-state index in [1.165, 1.54) is 0 Å². The van der Waals surface area contributed by atoms with Gasteiger partial charge in [0.2, 0.25) is 5.91 Å². The van der Waals surface area contributed by atoms with Crippen LogP contribution in [0.1, 0.15) is 11.6 Å². The number of halogens is 2. The fourth-order valence-electron chi connectivity index (χ4n) is 1.79. The highest BCUT2D eigenvalue weighted by atomic mass is 35.5. The lowest BCUT2D eigenvalue weighted by molar-refractivity contribution is -0.136. The molecule has 1 aliphatic rings. The van der Waals surface area contributed by atoms with Gasteiger partial charge in [-0.25, -0.2) is 0 Å². The maximum Gasteiger partial charge on any atom is 0.244 e. The van der Waals surface area contributed by atoms with Crippen molar-refractivity contribution in [1.29, 1.82) is 0 Å². The van der Waals surface area contributed by atoms with E-state index in [4.69, 9.17) is 22.1 Å². The van der Waals surface area contributed by atoms with Gasteiger partial charge < -0.3 is 15.4 Å². The van der Waals surface area contributed by atoms with Gasteiger partial charge in [-0.15, -0.1) is 12.4 Å². The number of carbonyl (C=O) groups is 1. The van der Waals surface area contributed by atoms with E-state index in [-0.39, 0.29) is 18.3 Å². The van der Waals surface area contributed by atoms with Gasteiger partial charge in [0, 0.05) is 18.1 Å². The van der Waals surface area contributed by atoms with Gasteiger partial charge in [-0.3, -0.25) is 4.79 Å². The van der Waals surface area contributed by atoms with Crippen LogP contribution in [-0.4, -0.2) is 37.1 Å². The first-order chi connectivity index (χ1) is 8.18. The minimum absolute atomic E-state index is 0. The van der Waals surface area contributed by atoms with Crippen LogP contribution < -0.4 is 5.73 Å². The summed E-state index contributed by atoms with van der Waals surface area (Å²) in [7, 11) is 0. The summed E-state index contributed by atoms with van der Waals surface area (Å²) in [6.45, 7) is 2.39. The number of amides is 1. The Balaban J connectivity index is 0.00000162. The molecular weight excluding hydrogens is 275 g/mol. The van der Waals surface area contributed by atoms with E-state index in [1.807, 2.05) is 0 Å². The molecule has 1 aromatic carbocycles. The van der Waals surface area contributed by atoms with Crippen LogP contribution >= 0.6 is 24.0 Å². The molecular formula is C12H16Cl2N2O2. The van der Waals surface area contributed by atoms with Crippen molar-refractivity contribution in [3.05, 3.63) is 34.9 Å². The molecule has 1 unspecified atom stereocenters. The number of ether oxygens (including phenoxy) is 1. The van der Waals surface area contributed by atoms with Crippen molar-refractivity contribution in [3.63, 3.8) is 0 Å². The van der Waals surface area contributed by atoms with Crippen LogP contribution in [0.15, 0.2) is 24.3 Å². The molecule has 0 aromatic heterocycles. The molecule has 1 atom stereocenters. The van der Waals surface area contributed by atoms with E-state index >= 15 is 0 Å². The van der Waals surface area contributed by atoms with E-state index in [1.54, 1.807) is 29.2 Å². The number of rotatable bonds is 2. The van der Waals surface area contributed by atoms with Crippen LogP contribution in [0.25, 0.3) is 0 Å². The highest BCUT2D eigenvalue weighted by molar-refractivity contribution is 6.30. The zero-order chi connectivity index (χ0) is 12.3. The fraction of sp³-hybridized carbons (Fsp3) is 0.417. The summed E-state index contributed by atoms with van der Waals surface area (Å²) in [6.07, 6.45) is 0. The number of carbonyl (C=O) groups excluding carboxylic acids is 1. The van der Waals surface area contributed by atoms with E-state index < -0.39 is 6.04 Å². The Kier molecular flexibility index (Phi) is 5.88. The van der Waals surface area contributed by atoms with Crippen molar-refractivity contribution >= 4 is 29.9 Å². The highest BCUT2D eigenvalue weighted by Gasteiger charge is 2.23. The minimum atomic E-state index is -0.620. The second-order valence-corrected chi connectivity index (χ2v) is 4.40. The lowest BCUT2D eigenvalue weighted by Gasteiger charge is -2.29. The third-order valence-corrected chi connectivity index (χ3v) is 3.07. The van der Waals surface area contributed by atoms with Crippen LogP contribution in [0.3, 0.4) is 0 Å². The first-order valence-corrected chi connectivity index (χ1v) is 5.94. The first kappa shape index (κ1) is 15.2. The van der Waals surface area contributed by atoms with E-state index in [2.05, 4.69) is 0 Å². The molecule has 6 heteroatoms. The Morgan fingerprint density at radius 1 is 1.28 bits per heavy atom. The normalized spacial score (nSPS) is 16.9. The third-order valence-electron chi connectivity index (χ3n) is 2.82. The summed E-state index contributed by atoms with van der Waals surface area (Å²) < 4.78 is 5.20. The molecule has 0 radical (unpaired) electrons. The van der Waals surface area contributed by atoms with Gasteiger partial charge in [-0.1, -0.05) is 23.7 Å². The average Bonchev–Trinajstić information content (AvgIpc) is 2.39. The van der Waals surface area contributed by atoms with Crippen LogP contribution in [0.2, 0.25) is 5.02 Å². The standard InChI is InChI=1S/C12H15ClN2O2.ClH/c13-10-3-1-9(2-4-10)11(14)12(16)15-5-7-17-8-6-15;/h1-4,11H,5-8,14H2;1H. The summed E-state index contributed by atoms with van der Waals surface area (Å²) in [5.41, 5.74) is 6.73. The predicted octanol–water partition coefficient (Wildman–Crippen LogP) is 1.62. The Morgan fingerprint density at radius 2 is 1.83 bits per heavy atom. The first-order valence-electron chi connectivity index (χ1n) is 5.56. The van der Waals surface area contributed by atoms with Gasteiger partial charge in [0.15, 0.2) is 0 Å². The van der Waals surface area contributed by atoms with Gasteiger partial charge in [0.05, 0.1) is 13.2 Å². The quantitative estimate of drug-likeness (QED) is 0.901. The molecule has 18 heavy (non-hydrogen) atoms. The number of nitrogens with zero attached hydrogens (tertiary/aromatic N) is 1. The van der Waals surface area contributed by atoms with Gasteiger partial charge in [-0.2, -0.15) is 0 Å². The molecule has 0 aliphatic carbocycles. The molecule has 0 saturated carbocycles. The maximum atomic E-state index is 12.1. The molecule has 4 nitrogen and oxygen atoms in total. The van der Waals surface area contributed by atoms with Crippen LogP contribution in [0.5, 0.6) is 0 Å². The van der Waals surface area contributed by atoms with Gasteiger partial charge in [0.25, 0.3) is 0 Å². The lowest BCUT2D eigenvalue weighted by atomic mass is 10.1. The number of nitrogens with two attached hydrogens (primary N) is 1. The van der Waals surface area contributed by atoms with E-state index in [0.29, 0.717) is 31.3 Å². The molecule has 2 rings (SSSR count). The van der Waals surface area contributed by atoms with Crippen molar-refractivity contribution in [2.75, 3.05) is 26.3 Å². The number of benzene rings is 1. The molecule has 1 aliphatic heterocycles. The monoisotopic (exact) mass is 290 g/mol. The molecule has 0 bridgehead atoms. The molecule has 100 valence electrons. The Hall–Kier alpha value is -0.810. The Labute approximate surface area is 117 Å². The molecule has 1 amide bonds. The average molecular weight is 291 g/mol. The second-order valence-electron chi connectivity index (χ2n) is 3.97. The van der Waals surface area contributed by atoms with Gasteiger partial charge in [-0.05, 0) is 17.7 Å². The summed E-state index contributed by atoms with van der Waals surface area (Å²) in [4.78, 5) is 13.8. The summed E-state index contributed by atoms with van der Waals surface area (Å²) in [6, 6.07) is 6.42. The largest absolute Gasteiger partial charge is 0.378 e. The summed E-state index contributed by atoms with van der Waals surface area (Å²) in [5, 5.41) is 0.639. The summed E-state index contributed by atoms with van der Waals surface area (Å²) >= 11 is 5.79. The van der Waals surface area contributed by atoms with Crippen molar-refractivity contribution in [1.82, 2.24) is 4.90 Å². The molecule has 1 aromatic rings. The zero-order valence-electron chi connectivity index (χ0n) is 9.84. The molecule has 1 heterocycles. The maximum absolute atomic E-state index is 12.1. The molecule has 2 N–H and O–H groups in total. The van der Waals surface area contributed by atoms with Crippen molar-refractivity contribution < 1.29 is 9.53 Å². The number of hydrogen-bond acceptors (Lipinski definition) is 3. The smallest absolute Gasteiger partial charge is 0.244 e. The van der Waals surface area contributed by atoms with Crippen molar-refractivity contribution in [2.24, 2.45) is 5.73 Å². The SMILES string of the molecule is Cl.NC(C(=O)N1CCOCC1)c1ccc(Cl)cc1. The molecule has 1 saturated heterocycles. The van der Waals surface area contributed by atoms with Gasteiger partial charge in [0.1, 0.15) is 6.04 Å². The lowest BCUT2D eigenvalue weighted by Crippen LogP contribution is -2.45. The molecule has 0 spiro atoms.